The molecule has 0 heterocycles. The fourth-order valence-corrected chi connectivity index (χ4v) is 3.50. The van der Waals surface area contributed by atoms with Crippen molar-refractivity contribution in [1.82, 2.24) is 0 Å². The van der Waals surface area contributed by atoms with Gasteiger partial charge in [0.1, 0.15) is 0 Å². The molecule has 2 rings (SSSR count). The first-order valence-electron chi connectivity index (χ1n) is 8.21. The summed E-state index contributed by atoms with van der Waals surface area (Å²) in [7, 11) is 0. The van der Waals surface area contributed by atoms with Gasteiger partial charge in [-0.05, 0) is 56.1 Å². The van der Waals surface area contributed by atoms with Crippen LogP contribution in [0.15, 0.2) is 24.3 Å². The zero-order valence-corrected chi connectivity index (χ0v) is 13.0. The van der Waals surface area contributed by atoms with E-state index in [1.165, 1.54) is 30.4 Å². The number of nitrogens with two attached hydrogens (primary N) is 1. The summed E-state index contributed by atoms with van der Waals surface area (Å²) in [6, 6.07) is 9.04. The van der Waals surface area contributed by atoms with E-state index in [1.54, 1.807) is 0 Å². The Morgan fingerprint density at radius 2 is 2.10 bits per heavy atom. The second kappa shape index (κ2) is 7.80. The van der Waals surface area contributed by atoms with Crippen LogP contribution in [0, 0.1) is 0 Å². The molecular formula is C18H29NO. The lowest BCUT2D eigenvalue weighted by atomic mass is 9.79. The molecule has 1 aromatic rings. The Bertz CT molecular complexity index is 398. The molecule has 0 fully saturated rings. The molecule has 2 heteroatoms. The topological polar surface area (TPSA) is 35.2 Å². The molecule has 0 saturated carbocycles. The minimum atomic E-state index is 0.158. The van der Waals surface area contributed by atoms with Gasteiger partial charge < -0.3 is 10.5 Å². The summed E-state index contributed by atoms with van der Waals surface area (Å²) in [6.45, 7) is 5.03. The summed E-state index contributed by atoms with van der Waals surface area (Å²) in [6.07, 6.45) is 7.28. The molecule has 1 aliphatic rings. The highest BCUT2D eigenvalue weighted by molar-refractivity contribution is 5.32. The Morgan fingerprint density at radius 3 is 2.85 bits per heavy atom. The minimum absolute atomic E-state index is 0.158. The first-order valence-corrected chi connectivity index (χ1v) is 8.21. The molecular weight excluding hydrogens is 246 g/mol. The molecule has 0 aromatic heterocycles. The molecule has 0 aliphatic heterocycles. The highest BCUT2D eigenvalue weighted by Crippen LogP contribution is 2.35. The maximum Gasteiger partial charge on any atom is 0.0725 e. The summed E-state index contributed by atoms with van der Waals surface area (Å²) in [5.74, 6) is 0.620. The third kappa shape index (κ3) is 3.83. The Hall–Kier alpha value is -0.860. The van der Waals surface area contributed by atoms with E-state index in [0.29, 0.717) is 5.92 Å². The zero-order valence-electron chi connectivity index (χ0n) is 13.0. The lowest BCUT2D eigenvalue weighted by Gasteiger charge is -2.31. The average Bonchev–Trinajstić information content (AvgIpc) is 2.47. The predicted molar refractivity (Wildman–Crippen MR) is 85.0 cm³/mol. The number of hydrogen-bond donors (Lipinski definition) is 1. The van der Waals surface area contributed by atoms with Crippen molar-refractivity contribution in [3.05, 3.63) is 35.4 Å². The molecule has 0 radical (unpaired) electrons. The first-order chi connectivity index (χ1) is 9.76. The van der Waals surface area contributed by atoms with Crippen molar-refractivity contribution in [3.8, 4) is 0 Å². The fraction of sp³-hybridized carbons (Fsp3) is 0.667. The monoisotopic (exact) mass is 275 g/mol. The van der Waals surface area contributed by atoms with E-state index in [4.69, 9.17) is 10.5 Å². The van der Waals surface area contributed by atoms with Crippen LogP contribution in [0.4, 0.5) is 0 Å². The highest BCUT2D eigenvalue weighted by atomic mass is 16.5. The molecule has 0 amide bonds. The van der Waals surface area contributed by atoms with Gasteiger partial charge in [0.2, 0.25) is 0 Å². The van der Waals surface area contributed by atoms with Gasteiger partial charge in [-0.25, -0.2) is 0 Å². The van der Waals surface area contributed by atoms with Gasteiger partial charge in [0, 0.05) is 12.6 Å². The number of hydrogen-bond acceptors (Lipinski definition) is 2. The molecule has 2 nitrogen and oxygen atoms in total. The van der Waals surface area contributed by atoms with Crippen LogP contribution in [0.3, 0.4) is 0 Å². The van der Waals surface area contributed by atoms with Gasteiger partial charge in [0.25, 0.3) is 0 Å². The van der Waals surface area contributed by atoms with Gasteiger partial charge in [-0.2, -0.15) is 0 Å². The zero-order chi connectivity index (χ0) is 14.4. The molecule has 3 unspecified atom stereocenters. The van der Waals surface area contributed by atoms with Crippen LogP contribution in [0.25, 0.3) is 0 Å². The molecule has 2 N–H and O–H groups in total. The third-order valence-corrected chi connectivity index (χ3v) is 4.48. The van der Waals surface area contributed by atoms with Crippen molar-refractivity contribution in [2.24, 2.45) is 5.73 Å². The quantitative estimate of drug-likeness (QED) is 0.815. The number of ether oxygens (including phenoxy) is 1. The van der Waals surface area contributed by atoms with Crippen LogP contribution in [0.1, 0.15) is 63.0 Å². The van der Waals surface area contributed by atoms with E-state index in [9.17, 15) is 0 Å². The SMILES string of the molecule is CCCC(OCC)C(N)CC1CCCc2ccccc21. The van der Waals surface area contributed by atoms with Crippen molar-refractivity contribution in [1.29, 1.82) is 0 Å². The Morgan fingerprint density at radius 1 is 1.30 bits per heavy atom. The van der Waals surface area contributed by atoms with E-state index in [1.807, 2.05) is 0 Å². The second-order valence-electron chi connectivity index (χ2n) is 5.97. The Kier molecular flexibility index (Phi) is 6.06. The Balaban J connectivity index is 2.02. The van der Waals surface area contributed by atoms with Gasteiger partial charge in [-0.3, -0.25) is 0 Å². The van der Waals surface area contributed by atoms with E-state index in [-0.39, 0.29) is 12.1 Å². The maximum absolute atomic E-state index is 6.45. The van der Waals surface area contributed by atoms with E-state index < -0.39 is 0 Å². The van der Waals surface area contributed by atoms with Crippen molar-refractivity contribution in [2.75, 3.05) is 6.61 Å². The number of aryl methyl sites for hydroxylation is 1. The molecule has 0 spiro atoms. The standard InChI is InChI=1S/C18H29NO/c1-3-8-18(20-4-2)17(19)13-15-11-7-10-14-9-5-6-12-16(14)15/h5-6,9,12,15,17-18H,3-4,7-8,10-11,13,19H2,1-2H3. The van der Waals surface area contributed by atoms with Crippen LogP contribution >= 0.6 is 0 Å². The Labute approximate surface area is 123 Å². The minimum Gasteiger partial charge on any atom is -0.377 e. The molecule has 20 heavy (non-hydrogen) atoms. The van der Waals surface area contributed by atoms with Crippen LogP contribution < -0.4 is 5.73 Å². The van der Waals surface area contributed by atoms with Crippen molar-refractivity contribution >= 4 is 0 Å². The van der Waals surface area contributed by atoms with Gasteiger partial charge in [0.05, 0.1) is 6.10 Å². The van der Waals surface area contributed by atoms with Crippen LogP contribution in [-0.4, -0.2) is 18.8 Å². The van der Waals surface area contributed by atoms with Crippen molar-refractivity contribution < 1.29 is 4.74 Å². The van der Waals surface area contributed by atoms with Crippen LogP contribution in [-0.2, 0) is 11.2 Å². The molecule has 3 atom stereocenters. The lowest BCUT2D eigenvalue weighted by Crippen LogP contribution is -2.38. The fourth-order valence-electron chi connectivity index (χ4n) is 3.50. The molecule has 112 valence electrons. The van der Waals surface area contributed by atoms with Gasteiger partial charge in [-0.15, -0.1) is 0 Å². The number of benzene rings is 1. The van der Waals surface area contributed by atoms with Gasteiger partial charge >= 0.3 is 0 Å². The van der Waals surface area contributed by atoms with Crippen molar-refractivity contribution in [3.63, 3.8) is 0 Å². The predicted octanol–water partition coefficient (Wildman–Crippen LogP) is 4.03. The summed E-state index contributed by atoms with van der Waals surface area (Å²) < 4.78 is 5.85. The smallest absolute Gasteiger partial charge is 0.0725 e. The number of fused-ring (bicyclic) bond motifs is 1. The van der Waals surface area contributed by atoms with Crippen LogP contribution in [0.2, 0.25) is 0 Å². The van der Waals surface area contributed by atoms with Gasteiger partial charge in [-0.1, -0.05) is 37.6 Å². The normalized spacial score (nSPS) is 21.2. The van der Waals surface area contributed by atoms with E-state index in [2.05, 4.69) is 38.1 Å². The summed E-state index contributed by atoms with van der Waals surface area (Å²) in [4.78, 5) is 0. The first kappa shape index (κ1) is 15.5. The summed E-state index contributed by atoms with van der Waals surface area (Å²) >= 11 is 0. The number of rotatable bonds is 7. The van der Waals surface area contributed by atoms with Crippen molar-refractivity contribution in [2.45, 2.75) is 70.4 Å². The molecule has 0 saturated heterocycles. The molecule has 1 aliphatic carbocycles. The highest BCUT2D eigenvalue weighted by Gasteiger charge is 2.25. The lowest BCUT2D eigenvalue weighted by molar-refractivity contribution is 0.0338. The molecule has 0 bridgehead atoms. The third-order valence-electron chi connectivity index (χ3n) is 4.48. The molecule has 1 aromatic carbocycles. The van der Waals surface area contributed by atoms with Gasteiger partial charge in [0.15, 0.2) is 0 Å². The maximum atomic E-state index is 6.45. The second-order valence-corrected chi connectivity index (χ2v) is 5.97. The van der Waals surface area contributed by atoms with E-state index in [0.717, 1.165) is 25.9 Å². The average molecular weight is 275 g/mol. The van der Waals surface area contributed by atoms with Crippen LogP contribution in [0.5, 0.6) is 0 Å². The summed E-state index contributed by atoms with van der Waals surface area (Å²) in [5, 5.41) is 0. The largest absolute Gasteiger partial charge is 0.377 e. The van der Waals surface area contributed by atoms with E-state index >= 15 is 0 Å². The summed E-state index contributed by atoms with van der Waals surface area (Å²) in [5.41, 5.74) is 9.51.